The molecule has 0 aliphatic carbocycles. The third-order valence-corrected chi connectivity index (χ3v) is 3.77. The first kappa shape index (κ1) is 13.4. The fourth-order valence-corrected chi connectivity index (χ4v) is 2.48. The molecule has 1 aromatic carbocycles. The van der Waals surface area contributed by atoms with E-state index < -0.39 is 0 Å². The second-order valence-corrected chi connectivity index (χ2v) is 5.24. The normalized spacial score (nSPS) is 16.2. The molecule has 0 amide bonds. The molecular formula is C13H16BrNO3. The van der Waals surface area contributed by atoms with Gasteiger partial charge < -0.3 is 9.47 Å². The Bertz CT molecular complexity index is 444. The van der Waals surface area contributed by atoms with Crippen molar-refractivity contribution in [1.29, 1.82) is 0 Å². The van der Waals surface area contributed by atoms with Crippen molar-refractivity contribution in [3.8, 4) is 5.75 Å². The fraction of sp³-hybridized carbons (Fsp3) is 0.462. The van der Waals surface area contributed by atoms with E-state index >= 15 is 0 Å². The van der Waals surface area contributed by atoms with E-state index in [9.17, 15) is 4.79 Å². The number of benzene rings is 1. The lowest BCUT2D eigenvalue weighted by molar-refractivity contribution is -0.151. The van der Waals surface area contributed by atoms with Crippen molar-refractivity contribution in [2.24, 2.45) is 5.92 Å². The molecule has 18 heavy (non-hydrogen) atoms. The van der Waals surface area contributed by atoms with Gasteiger partial charge in [-0.15, -0.1) is 0 Å². The summed E-state index contributed by atoms with van der Waals surface area (Å²) in [6.45, 7) is 2.37. The number of halogens is 1. The van der Waals surface area contributed by atoms with Crippen LogP contribution >= 0.6 is 15.9 Å². The van der Waals surface area contributed by atoms with E-state index in [4.69, 9.17) is 9.47 Å². The first-order valence-electron chi connectivity index (χ1n) is 5.76. The lowest BCUT2D eigenvalue weighted by Crippen LogP contribution is -2.49. The van der Waals surface area contributed by atoms with E-state index in [0.717, 1.165) is 29.9 Å². The highest BCUT2D eigenvalue weighted by Crippen LogP contribution is 2.27. The molecule has 5 heteroatoms. The van der Waals surface area contributed by atoms with Crippen molar-refractivity contribution < 1.29 is 14.3 Å². The Hall–Kier alpha value is -1.07. The molecule has 0 saturated carbocycles. The number of rotatable bonds is 4. The van der Waals surface area contributed by atoms with Gasteiger partial charge in [0.1, 0.15) is 5.75 Å². The van der Waals surface area contributed by atoms with E-state index in [1.807, 2.05) is 12.1 Å². The van der Waals surface area contributed by atoms with Gasteiger partial charge in [-0.3, -0.25) is 9.69 Å². The van der Waals surface area contributed by atoms with Crippen molar-refractivity contribution in [2.45, 2.75) is 6.54 Å². The van der Waals surface area contributed by atoms with Crippen molar-refractivity contribution in [3.63, 3.8) is 0 Å². The average Bonchev–Trinajstić information content (AvgIpc) is 2.34. The number of ether oxygens (including phenoxy) is 2. The Kier molecular flexibility index (Phi) is 4.24. The molecule has 4 nitrogen and oxygen atoms in total. The number of carbonyl (C=O) groups excluding carboxylic acids is 1. The van der Waals surface area contributed by atoms with Crippen LogP contribution in [0.1, 0.15) is 5.56 Å². The molecule has 98 valence electrons. The summed E-state index contributed by atoms with van der Waals surface area (Å²) in [6.07, 6.45) is 0. The monoisotopic (exact) mass is 313 g/mol. The zero-order valence-corrected chi connectivity index (χ0v) is 12.1. The average molecular weight is 314 g/mol. The smallest absolute Gasteiger partial charge is 0.311 e. The first-order chi connectivity index (χ1) is 8.63. The van der Waals surface area contributed by atoms with Crippen LogP contribution in [0, 0.1) is 5.92 Å². The molecule has 0 unspecified atom stereocenters. The predicted octanol–water partition coefficient (Wildman–Crippen LogP) is 2.06. The lowest BCUT2D eigenvalue weighted by atomic mass is 9.99. The summed E-state index contributed by atoms with van der Waals surface area (Å²) in [6, 6.07) is 6.04. The van der Waals surface area contributed by atoms with Crippen LogP contribution in [0.5, 0.6) is 5.75 Å². The first-order valence-corrected chi connectivity index (χ1v) is 6.56. The minimum Gasteiger partial charge on any atom is -0.496 e. The molecule has 0 bridgehead atoms. The molecule has 1 heterocycles. The van der Waals surface area contributed by atoms with E-state index in [2.05, 4.69) is 26.9 Å². The van der Waals surface area contributed by atoms with Crippen LogP contribution < -0.4 is 4.74 Å². The second-order valence-electron chi connectivity index (χ2n) is 4.38. The van der Waals surface area contributed by atoms with Gasteiger partial charge in [0.25, 0.3) is 0 Å². The quantitative estimate of drug-likeness (QED) is 0.798. The molecule has 1 saturated heterocycles. The molecule has 1 aliphatic heterocycles. The van der Waals surface area contributed by atoms with Gasteiger partial charge in [-0.2, -0.15) is 0 Å². The van der Waals surface area contributed by atoms with Gasteiger partial charge in [-0.25, -0.2) is 0 Å². The Morgan fingerprint density at radius 1 is 1.44 bits per heavy atom. The van der Waals surface area contributed by atoms with Gasteiger partial charge in [-0.1, -0.05) is 6.07 Å². The number of nitrogens with zero attached hydrogens (tertiary/aromatic N) is 1. The highest BCUT2D eigenvalue weighted by Gasteiger charge is 2.33. The zero-order chi connectivity index (χ0) is 13.1. The topological polar surface area (TPSA) is 38.8 Å². The Labute approximate surface area is 115 Å². The van der Waals surface area contributed by atoms with Gasteiger partial charge in [0.2, 0.25) is 0 Å². The highest BCUT2D eigenvalue weighted by molar-refractivity contribution is 9.10. The third kappa shape index (κ3) is 2.84. The number of hydrogen-bond acceptors (Lipinski definition) is 4. The van der Waals surface area contributed by atoms with Gasteiger partial charge >= 0.3 is 5.97 Å². The van der Waals surface area contributed by atoms with Crippen molar-refractivity contribution in [1.82, 2.24) is 4.90 Å². The van der Waals surface area contributed by atoms with Gasteiger partial charge in [0.05, 0.1) is 24.6 Å². The largest absolute Gasteiger partial charge is 0.496 e. The van der Waals surface area contributed by atoms with Crippen molar-refractivity contribution >= 4 is 21.9 Å². The molecule has 1 aliphatic rings. The van der Waals surface area contributed by atoms with Crippen LogP contribution in [0.2, 0.25) is 0 Å². The molecule has 0 aromatic heterocycles. The number of carbonyl (C=O) groups is 1. The molecule has 0 N–H and O–H groups in total. The maximum absolute atomic E-state index is 11.3. The Morgan fingerprint density at radius 3 is 2.78 bits per heavy atom. The summed E-state index contributed by atoms with van der Waals surface area (Å²) in [4.78, 5) is 13.5. The summed E-state index contributed by atoms with van der Waals surface area (Å²) >= 11 is 3.43. The van der Waals surface area contributed by atoms with Gasteiger partial charge in [0, 0.05) is 19.6 Å². The highest BCUT2D eigenvalue weighted by atomic mass is 79.9. The van der Waals surface area contributed by atoms with Crippen LogP contribution in [-0.2, 0) is 16.1 Å². The Balaban J connectivity index is 1.90. The number of methoxy groups -OCH3 is 2. The predicted molar refractivity (Wildman–Crippen MR) is 71.5 cm³/mol. The zero-order valence-electron chi connectivity index (χ0n) is 10.5. The number of esters is 1. The molecule has 2 rings (SSSR count). The number of hydrogen-bond donors (Lipinski definition) is 0. The fourth-order valence-electron chi connectivity index (χ4n) is 2.08. The molecule has 0 atom stereocenters. The van der Waals surface area contributed by atoms with E-state index in [-0.39, 0.29) is 11.9 Å². The van der Waals surface area contributed by atoms with Crippen LogP contribution in [-0.4, -0.2) is 38.2 Å². The summed E-state index contributed by atoms with van der Waals surface area (Å²) in [5.41, 5.74) is 1.18. The van der Waals surface area contributed by atoms with Crippen LogP contribution in [0.4, 0.5) is 0 Å². The third-order valence-electron chi connectivity index (χ3n) is 3.11. The van der Waals surface area contributed by atoms with Gasteiger partial charge in [-0.05, 0) is 33.6 Å². The lowest BCUT2D eigenvalue weighted by Gasteiger charge is -2.37. The van der Waals surface area contributed by atoms with Crippen molar-refractivity contribution in [3.05, 3.63) is 28.2 Å². The summed E-state index contributed by atoms with van der Waals surface area (Å²) in [7, 11) is 3.09. The van der Waals surface area contributed by atoms with E-state index in [1.165, 1.54) is 12.7 Å². The maximum atomic E-state index is 11.3. The summed E-state index contributed by atoms with van der Waals surface area (Å²) in [5.74, 6) is 0.754. The minimum atomic E-state index is -0.111. The Morgan fingerprint density at radius 2 is 2.17 bits per heavy atom. The van der Waals surface area contributed by atoms with Crippen molar-refractivity contribution in [2.75, 3.05) is 27.3 Å². The number of likely N-dealkylation sites (tertiary alicyclic amines) is 1. The minimum absolute atomic E-state index is 0.0346. The molecule has 0 spiro atoms. The second kappa shape index (κ2) is 5.71. The molecular weight excluding hydrogens is 298 g/mol. The van der Waals surface area contributed by atoms with E-state index in [0.29, 0.717) is 0 Å². The van der Waals surface area contributed by atoms with Crippen LogP contribution in [0.15, 0.2) is 22.7 Å². The standard InChI is InChI=1S/C13H16BrNO3/c1-17-12-5-9(3-4-11(12)14)6-15-7-10(8-15)13(16)18-2/h3-5,10H,6-8H2,1-2H3. The summed E-state index contributed by atoms with van der Waals surface area (Å²) < 4.78 is 10.9. The van der Waals surface area contributed by atoms with Crippen LogP contribution in [0.25, 0.3) is 0 Å². The molecule has 1 aromatic rings. The SMILES string of the molecule is COC(=O)C1CN(Cc2ccc(Br)c(OC)c2)C1. The van der Waals surface area contributed by atoms with E-state index in [1.54, 1.807) is 7.11 Å². The summed E-state index contributed by atoms with van der Waals surface area (Å²) in [5, 5.41) is 0. The van der Waals surface area contributed by atoms with Gasteiger partial charge in [0.15, 0.2) is 0 Å². The molecule has 1 fully saturated rings. The van der Waals surface area contributed by atoms with Crippen LogP contribution in [0.3, 0.4) is 0 Å². The maximum Gasteiger partial charge on any atom is 0.311 e. The molecule has 0 radical (unpaired) electrons.